The highest BCUT2D eigenvalue weighted by molar-refractivity contribution is 6.46. The number of ether oxygens (including phenoxy) is 3. The summed E-state index contributed by atoms with van der Waals surface area (Å²) in [4.78, 5) is 29.9. The Morgan fingerprint density at radius 1 is 1.06 bits per heavy atom. The Hall–Kier alpha value is -3.52. The standard InChI is InChI=1S/C28H36N2O6/c1-6-8-16-36-21-11-9-10-20(17-21)26(31)24-25(30(15-14-29(3)4)28(33)27(24)32)19-12-13-22(35-7-2)23(18-19)34-5/h9-13,17-18,25,31H,6-8,14-16H2,1-5H3. The number of benzene rings is 2. The summed E-state index contributed by atoms with van der Waals surface area (Å²) < 4.78 is 16.9. The third-order valence-electron chi connectivity index (χ3n) is 6.01. The van der Waals surface area contributed by atoms with Gasteiger partial charge < -0.3 is 29.1 Å². The maximum atomic E-state index is 13.3. The molecule has 1 aliphatic rings. The van der Waals surface area contributed by atoms with E-state index >= 15 is 0 Å². The highest BCUT2D eigenvalue weighted by Gasteiger charge is 2.46. The van der Waals surface area contributed by atoms with Crippen LogP contribution in [0.3, 0.4) is 0 Å². The van der Waals surface area contributed by atoms with Crippen LogP contribution in [0.5, 0.6) is 17.2 Å². The minimum atomic E-state index is -0.779. The van der Waals surface area contributed by atoms with Crippen LogP contribution in [0.2, 0.25) is 0 Å². The summed E-state index contributed by atoms with van der Waals surface area (Å²) in [5.74, 6) is 0.0333. The minimum Gasteiger partial charge on any atom is -0.507 e. The lowest BCUT2D eigenvalue weighted by atomic mass is 9.95. The zero-order chi connectivity index (χ0) is 26.2. The van der Waals surface area contributed by atoms with E-state index in [9.17, 15) is 14.7 Å². The maximum absolute atomic E-state index is 13.3. The first-order valence-corrected chi connectivity index (χ1v) is 12.3. The van der Waals surface area contributed by atoms with Crippen molar-refractivity contribution in [2.45, 2.75) is 32.7 Å². The number of likely N-dealkylation sites (N-methyl/N-ethyl adjacent to an activating group) is 1. The molecule has 1 aliphatic heterocycles. The molecule has 0 aromatic heterocycles. The largest absolute Gasteiger partial charge is 0.507 e. The Labute approximate surface area is 213 Å². The van der Waals surface area contributed by atoms with Gasteiger partial charge in [-0.15, -0.1) is 0 Å². The Morgan fingerprint density at radius 3 is 2.50 bits per heavy atom. The summed E-state index contributed by atoms with van der Waals surface area (Å²) in [6.45, 7) is 5.85. The van der Waals surface area contributed by atoms with E-state index < -0.39 is 17.7 Å². The van der Waals surface area contributed by atoms with Crippen LogP contribution in [-0.2, 0) is 9.59 Å². The number of aliphatic hydroxyl groups is 1. The zero-order valence-electron chi connectivity index (χ0n) is 21.7. The van der Waals surface area contributed by atoms with Gasteiger partial charge in [0.1, 0.15) is 11.5 Å². The predicted molar refractivity (Wildman–Crippen MR) is 139 cm³/mol. The molecule has 0 radical (unpaired) electrons. The summed E-state index contributed by atoms with van der Waals surface area (Å²) in [7, 11) is 5.33. The highest BCUT2D eigenvalue weighted by atomic mass is 16.5. The van der Waals surface area contributed by atoms with Crippen molar-refractivity contribution < 1.29 is 28.9 Å². The molecular formula is C28H36N2O6. The first kappa shape index (κ1) is 27.1. The molecular weight excluding hydrogens is 460 g/mol. The lowest BCUT2D eigenvalue weighted by molar-refractivity contribution is -0.140. The summed E-state index contributed by atoms with van der Waals surface area (Å²) in [5, 5.41) is 11.4. The fourth-order valence-corrected chi connectivity index (χ4v) is 4.12. The normalized spacial score (nSPS) is 17.1. The molecule has 8 heteroatoms. The van der Waals surface area contributed by atoms with E-state index in [2.05, 4.69) is 6.92 Å². The summed E-state index contributed by atoms with van der Waals surface area (Å²) in [6.07, 6.45) is 1.91. The number of hydrogen-bond donors (Lipinski definition) is 1. The summed E-state index contributed by atoms with van der Waals surface area (Å²) in [5.41, 5.74) is 1.10. The van der Waals surface area contributed by atoms with Gasteiger partial charge in [-0.2, -0.15) is 0 Å². The zero-order valence-corrected chi connectivity index (χ0v) is 21.7. The average molecular weight is 497 g/mol. The predicted octanol–water partition coefficient (Wildman–Crippen LogP) is 4.26. The van der Waals surface area contributed by atoms with E-state index in [0.29, 0.717) is 54.7 Å². The molecule has 2 aromatic rings. The average Bonchev–Trinajstić information content (AvgIpc) is 3.12. The van der Waals surface area contributed by atoms with Crippen LogP contribution in [0, 0.1) is 0 Å². The smallest absolute Gasteiger partial charge is 0.295 e. The number of ketones is 1. The van der Waals surface area contributed by atoms with Crippen molar-refractivity contribution in [3.8, 4) is 17.2 Å². The van der Waals surface area contributed by atoms with Crippen molar-refractivity contribution >= 4 is 17.4 Å². The van der Waals surface area contributed by atoms with Gasteiger partial charge in [-0.05, 0) is 57.3 Å². The Balaban J connectivity index is 2.11. The number of likely N-dealkylation sites (tertiary alicyclic amines) is 1. The Kier molecular flexibility index (Phi) is 9.36. The quantitative estimate of drug-likeness (QED) is 0.203. The second-order valence-corrected chi connectivity index (χ2v) is 8.87. The van der Waals surface area contributed by atoms with Crippen LogP contribution < -0.4 is 14.2 Å². The fourth-order valence-electron chi connectivity index (χ4n) is 4.12. The number of methoxy groups -OCH3 is 1. The van der Waals surface area contributed by atoms with Gasteiger partial charge in [0.25, 0.3) is 11.7 Å². The molecule has 0 bridgehead atoms. The highest BCUT2D eigenvalue weighted by Crippen LogP contribution is 2.42. The minimum absolute atomic E-state index is 0.0377. The number of carbonyl (C=O) groups excluding carboxylic acids is 2. The second-order valence-electron chi connectivity index (χ2n) is 8.87. The van der Waals surface area contributed by atoms with Crippen molar-refractivity contribution in [1.82, 2.24) is 9.80 Å². The Bertz CT molecular complexity index is 1110. The summed E-state index contributed by atoms with van der Waals surface area (Å²) >= 11 is 0. The third-order valence-corrected chi connectivity index (χ3v) is 6.01. The number of carbonyl (C=O) groups is 2. The third kappa shape index (κ3) is 5.99. The van der Waals surface area contributed by atoms with E-state index in [1.165, 1.54) is 12.0 Å². The number of hydrogen-bond acceptors (Lipinski definition) is 7. The van der Waals surface area contributed by atoms with E-state index in [-0.39, 0.29) is 11.3 Å². The number of nitrogens with zero attached hydrogens (tertiary/aromatic N) is 2. The van der Waals surface area contributed by atoms with Crippen LogP contribution in [0.4, 0.5) is 0 Å². The number of amides is 1. The van der Waals surface area contributed by atoms with Gasteiger partial charge >= 0.3 is 0 Å². The van der Waals surface area contributed by atoms with E-state index in [0.717, 1.165) is 12.8 Å². The van der Waals surface area contributed by atoms with Gasteiger partial charge in [-0.25, -0.2) is 0 Å². The number of Topliss-reactive ketones (excluding diaryl/α,β-unsaturated/α-hetero) is 1. The van der Waals surface area contributed by atoms with Crippen LogP contribution in [0.1, 0.15) is 43.9 Å². The molecule has 194 valence electrons. The molecule has 1 saturated heterocycles. The van der Waals surface area contributed by atoms with Crippen molar-refractivity contribution in [3.63, 3.8) is 0 Å². The van der Waals surface area contributed by atoms with Crippen LogP contribution in [-0.4, -0.2) is 74.1 Å². The fraction of sp³-hybridized carbons (Fsp3) is 0.429. The number of unbranched alkanes of at least 4 members (excludes halogenated alkanes) is 1. The van der Waals surface area contributed by atoms with Crippen LogP contribution >= 0.6 is 0 Å². The molecule has 1 heterocycles. The van der Waals surface area contributed by atoms with E-state index in [1.807, 2.05) is 25.9 Å². The van der Waals surface area contributed by atoms with Gasteiger partial charge in [0.15, 0.2) is 11.5 Å². The molecule has 36 heavy (non-hydrogen) atoms. The lowest BCUT2D eigenvalue weighted by Crippen LogP contribution is -2.35. The van der Waals surface area contributed by atoms with Crippen molar-refractivity contribution in [2.75, 3.05) is 47.5 Å². The molecule has 1 atom stereocenters. The first-order chi connectivity index (χ1) is 17.3. The molecule has 8 nitrogen and oxygen atoms in total. The molecule has 0 spiro atoms. The molecule has 3 rings (SSSR count). The van der Waals surface area contributed by atoms with Crippen LogP contribution in [0.15, 0.2) is 48.0 Å². The molecule has 0 aliphatic carbocycles. The molecule has 1 N–H and O–H groups in total. The first-order valence-electron chi connectivity index (χ1n) is 12.3. The molecule has 2 aromatic carbocycles. The van der Waals surface area contributed by atoms with Gasteiger partial charge in [0.05, 0.1) is 31.9 Å². The summed E-state index contributed by atoms with van der Waals surface area (Å²) in [6, 6.07) is 11.5. The van der Waals surface area contributed by atoms with Gasteiger partial charge in [-0.3, -0.25) is 9.59 Å². The van der Waals surface area contributed by atoms with Gasteiger partial charge in [0, 0.05) is 18.7 Å². The van der Waals surface area contributed by atoms with Gasteiger partial charge in [-0.1, -0.05) is 31.5 Å². The molecule has 1 fully saturated rings. The second kappa shape index (κ2) is 12.4. The number of aliphatic hydroxyl groups excluding tert-OH is 1. The molecule has 1 amide bonds. The molecule has 1 unspecified atom stereocenters. The Morgan fingerprint density at radius 2 is 1.83 bits per heavy atom. The topological polar surface area (TPSA) is 88.5 Å². The van der Waals surface area contributed by atoms with E-state index in [4.69, 9.17) is 14.2 Å². The van der Waals surface area contributed by atoms with E-state index in [1.54, 1.807) is 42.5 Å². The van der Waals surface area contributed by atoms with Crippen molar-refractivity contribution in [1.29, 1.82) is 0 Å². The van der Waals surface area contributed by atoms with Crippen molar-refractivity contribution in [2.24, 2.45) is 0 Å². The van der Waals surface area contributed by atoms with Crippen molar-refractivity contribution in [3.05, 3.63) is 59.2 Å². The monoisotopic (exact) mass is 496 g/mol. The molecule has 0 saturated carbocycles. The van der Waals surface area contributed by atoms with Crippen LogP contribution in [0.25, 0.3) is 5.76 Å². The SMILES string of the molecule is CCCCOc1cccc(C(O)=C2C(=O)C(=O)N(CCN(C)C)C2c2ccc(OCC)c(OC)c2)c1. The number of rotatable bonds is 12. The maximum Gasteiger partial charge on any atom is 0.295 e. The lowest BCUT2D eigenvalue weighted by Gasteiger charge is -2.27. The van der Waals surface area contributed by atoms with Gasteiger partial charge in [0.2, 0.25) is 0 Å².